The second-order valence-electron chi connectivity index (χ2n) is 11.6. The summed E-state index contributed by atoms with van der Waals surface area (Å²) in [7, 11) is 0. The van der Waals surface area contributed by atoms with Gasteiger partial charge in [0.15, 0.2) is 0 Å². The standard InChI is InChI=1S/C31H45N3O5/c1-19(2)16-17-23(6)34(25(35)18-32-30(38)39-31(7,8)9)27(24-15-11-14-22(5)28(24)36)29(37)33-26-20(3)12-10-13-21(26)4/h10-15,19,23,27,36H,16-18H2,1-9H3,(H,32,38)(H,33,37). The smallest absolute Gasteiger partial charge is 0.408 e. The molecule has 0 aliphatic rings. The zero-order valence-electron chi connectivity index (χ0n) is 24.8. The van der Waals surface area contributed by atoms with E-state index in [1.807, 2.05) is 39.0 Å². The maximum Gasteiger partial charge on any atom is 0.408 e. The van der Waals surface area contributed by atoms with E-state index in [1.54, 1.807) is 45.9 Å². The lowest BCUT2D eigenvalue weighted by Gasteiger charge is -2.37. The fraction of sp³-hybridized carbons (Fsp3) is 0.516. The van der Waals surface area contributed by atoms with Gasteiger partial charge in [0.25, 0.3) is 5.91 Å². The van der Waals surface area contributed by atoms with E-state index < -0.39 is 29.6 Å². The van der Waals surface area contributed by atoms with Crippen LogP contribution in [-0.4, -0.2) is 46.1 Å². The Balaban J connectivity index is 2.56. The molecular formula is C31H45N3O5. The number of nitrogens with zero attached hydrogens (tertiary/aromatic N) is 1. The third-order valence-electron chi connectivity index (χ3n) is 6.53. The van der Waals surface area contributed by atoms with Crippen molar-refractivity contribution < 1.29 is 24.2 Å². The molecule has 8 heteroatoms. The first-order valence-corrected chi connectivity index (χ1v) is 13.6. The highest BCUT2D eigenvalue weighted by atomic mass is 16.6. The van der Waals surface area contributed by atoms with E-state index in [0.717, 1.165) is 17.5 Å². The Kier molecular flexibility index (Phi) is 11.0. The highest BCUT2D eigenvalue weighted by Gasteiger charge is 2.37. The number of para-hydroxylation sites is 2. The number of aromatic hydroxyl groups is 1. The maximum atomic E-state index is 14.1. The van der Waals surface area contributed by atoms with E-state index in [-0.39, 0.29) is 18.3 Å². The number of hydrogen-bond acceptors (Lipinski definition) is 5. The molecule has 0 radical (unpaired) electrons. The molecule has 39 heavy (non-hydrogen) atoms. The molecule has 2 aromatic rings. The van der Waals surface area contributed by atoms with Crippen LogP contribution >= 0.6 is 0 Å². The molecule has 0 spiro atoms. The molecule has 0 saturated heterocycles. The Hall–Kier alpha value is -3.55. The molecular weight excluding hydrogens is 494 g/mol. The summed E-state index contributed by atoms with van der Waals surface area (Å²) in [5, 5.41) is 16.6. The van der Waals surface area contributed by atoms with Crippen LogP contribution in [0.3, 0.4) is 0 Å². The van der Waals surface area contributed by atoms with Crippen molar-refractivity contribution in [3.63, 3.8) is 0 Å². The molecule has 0 fully saturated rings. The zero-order chi connectivity index (χ0) is 29.5. The fourth-order valence-corrected chi connectivity index (χ4v) is 4.43. The van der Waals surface area contributed by atoms with Crippen molar-refractivity contribution in [3.8, 4) is 5.75 Å². The summed E-state index contributed by atoms with van der Waals surface area (Å²) in [5.74, 6) is -0.568. The minimum Gasteiger partial charge on any atom is -0.507 e. The molecule has 8 nitrogen and oxygen atoms in total. The van der Waals surface area contributed by atoms with Crippen molar-refractivity contribution in [2.24, 2.45) is 5.92 Å². The summed E-state index contributed by atoms with van der Waals surface area (Å²) in [6, 6.07) is 9.38. The summed E-state index contributed by atoms with van der Waals surface area (Å²) >= 11 is 0. The van der Waals surface area contributed by atoms with Gasteiger partial charge in [0, 0.05) is 17.3 Å². The first-order valence-electron chi connectivity index (χ1n) is 13.6. The van der Waals surface area contributed by atoms with Crippen molar-refractivity contribution in [1.29, 1.82) is 0 Å². The number of benzene rings is 2. The molecule has 2 atom stereocenters. The van der Waals surface area contributed by atoms with Gasteiger partial charge in [-0.15, -0.1) is 0 Å². The van der Waals surface area contributed by atoms with Crippen LogP contribution in [0.15, 0.2) is 36.4 Å². The first kappa shape index (κ1) is 31.7. The van der Waals surface area contributed by atoms with Gasteiger partial charge in [-0.2, -0.15) is 0 Å². The Morgan fingerprint density at radius 1 is 0.923 bits per heavy atom. The monoisotopic (exact) mass is 539 g/mol. The van der Waals surface area contributed by atoms with Crippen molar-refractivity contribution >= 4 is 23.6 Å². The van der Waals surface area contributed by atoms with E-state index in [2.05, 4.69) is 24.5 Å². The third-order valence-corrected chi connectivity index (χ3v) is 6.53. The topological polar surface area (TPSA) is 108 Å². The highest BCUT2D eigenvalue weighted by Crippen LogP contribution is 2.35. The lowest BCUT2D eigenvalue weighted by atomic mass is 9.96. The average Bonchev–Trinajstić information content (AvgIpc) is 2.82. The van der Waals surface area contributed by atoms with Gasteiger partial charge in [-0.05, 0) is 83.9 Å². The van der Waals surface area contributed by atoms with Crippen LogP contribution in [0.5, 0.6) is 5.75 Å². The second-order valence-corrected chi connectivity index (χ2v) is 11.6. The molecule has 3 N–H and O–H groups in total. The molecule has 2 aromatic carbocycles. The maximum absolute atomic E-state index is 14.1. The number of alkyl carbamates (subject to hydrolysis) is 1. The number of carbonyl (C=O) groups is 3. The van der Waals surface area contributed by atoms with Crippen LogP contribution < -0.4 is 10.6 Å². The first-order chi connectivity index (χ1) is 18.1. The van der Waals surface area contributed by atoms with E-state index in [0.29, 0.717) is 29.2 Å². The number of carbonyl (C=O) groups excluding carboxylic acids is 3. The predicted octanol–water partition coefficient (Wildman–Crippen LogP) is 6.18. The highest BCUT2D eigenvalue weighted by molar-refractivity contribution is 6.00. The third kappa shape index (κ3) is 9.01. The molecule has 0 aliphatic carbocycles. The summed E-state index contributed by atoms with van der Waals surface area (Å²) in [4.78, 5) is 41.7. The molecule has 0 heterocycles. The number of phenols is 1. The molecule has 0 aliphatic heterocycles. The number of anilines is 1. The van der Waals surface area contributed by atoms with E-state index in [1.165, 1.54) is 4.90 Å². The van der Waals surface area contributed by atoms with Crippen LogP contribution in [0.1, 0.15) is 82.7 Å². The number of aryl methyl sites for hydroxylation is 3. The van der Waals surface area contributed by atoms with Crippen LogP contribution in [0, 0.1) is 26.7 Å². The van der Waals surface area contributed by atoms with Crippen LogP contribution in [0.4, 0.5) is 10.5 Å². The Morgan fingerprint density at radius 3 is 2.05 bits per heavy atom. The predicted molar refractivity (Wildman–Crippen MR) is 155 cm³/mol. The Morgan fingerprint density at radius 2 is 1.49 bits per heavy atom. The van der Waals surface area contributed by atoms with Gasteiger partial charge in [0.2, 0.25) is 5.91 Å². The molecule has 0 aromatic heterocycles. The molecule has 3 amide bonds. The molecule has 0 bridgehead atoms. The van der Waals surface area contributed by atoms with E-state index >= 15 is 0 Å². The lowest BCUT2D eigenvalue weighted by molar-refractivity contribution is -0.141. The zero-order valence-corrected chi connectivity index (χ0v) is 24.8. The van der Waals surface area contributed by atoms with Crippen molar-refractivity contribution in [2.45, 2.75) is 92.8 Å². The molecule has 0 saturated carbocycles. The minimum atomic E-state index is -1.14. The van der Waals surface area contributed by atoms with Gasteiger partial charge < -0.3 is 25.4 Å². The van der Waals surface area contributed by atoms with E-state index in [9.17, 15) is 19.5 Å². The normalized spacial score (nSPS) is 13.0. The van der Waals surface area contributed by atoms with Gasteiger partial charge in [-0.3, -0.25) is 9.59 Å². The van der Waals surface area contributed by atoms with Crippen molar-refractivity contribution in [2.75, 3.05) is 11.9 Å². The largest absolute Gasteiger partial charge is 0.507 e. The molecule has 214 valence electrons. The molecule has 2 unspecified atom stereocenters. The van der Waals surface area contributed by atoms with Crippen molar-refractivity contribution in [1.82, 2.24) is 10.2 Å². The lowest BCUT2D eigenvalue weighted by Crippen LogP contribution is -2.50. The number of amides is 3. The summed E-state index contributed by atoms with van der Waals surface area (Å²) < 4.78 is 5.30. The second kappa shape index (κ2) is 13.5. The summed E-state index contributed by atoms with van der Waals surface area (Å²) in [5.41, 5.74) is 2.61. The van der Waals surface area contributed by atoms with Gasteiger partial charge in [0.05, 0.1) is 0 Å². The number of nitrogens with one attached hydrogen (secondary N) is 2. The van der Waals surface area contributed by atoms with E-state index in [4.69, 9.17) is 4.74 Å². The fourth-order valence-electron chi connectivity index (χ4n) is 4.43. The van der Waals surface area contributed by atoms with Crippen LogP contribution in [0.25, 0.3) is 0 Å². The SMILES string of the molecule is Cc1cccc(C(C(=O)Nc2c(C)cccc2C)N(C(=O)CNC(=O)OC(C)(C)C)C(C)CCC(C)C)c1O. The minimum absolute atomic E-state index is 0.0480. The number of rotatable bonds is 10. The van der Waals surface area contributed by atoms with Gasteiger partial charge in [0.1, 0.15) is 23.9 Å². The summed E-state index contributed by atoms with van der Waals surface area (Å²) in [6.45, 7) is 16.5. The quantitative estimate of drug-likeness (QED) is 0.334. The summed E-state index contributed by atoms with van der Waals surface area (Å²) in [6.07, 6.45) is 0.742. The van der Waals surface area contributed by atoms with Crippen molar-refractivity contribution in [3.05, 3.63) is 58.7 Å². The van der Waals surface area contributed by atoms with Gasteiger partial charge in [-0.25, -0.2) is 4.79 Å². The molecule has 2 rings (SSSR count). The van der Waals surface area contributed by atoms with Crippen LogP contribution in [-0.2, 0) is 14.3 Å². The van der Waals surface area contributed by atoms with Gasteiger partial charge in [-0.1, -0.05) is 50.2 Å². The number of ether oxygens (including phenoxy) is 1. The van der Waals surface area contributed by atoms with Crippen LogP contribution in [0.2, 0.25) is 0 Å². The Labute approximate surface area is 233 Å². The van der Waals surface area contributed by atoms with Gasteiger partial charge >= 0.3 is 6.09 Å². The average molecular weight is 540 g/mol. The Bertz CT molecular complexity index is 1150. The number of hydrogen-bond donors (Lipinski definition) is 3. The number of phenolic OH excluding ortho intramolecular Hbond substituents is 1.